The van der Waals surface area contributed by atoms with Crippen molar-refractivity contribution in [2.75, 3.05) is 13.2 Å². The molecule has 0 heterocycles. The van der Waals surface area contributed by atoms with E-state index in [0.717, 1.165) is 44.9 Å². The van der Waals surface area contributed by atoms with Crippen molar-refractivity contribution in [1.82, 2.24) is 5.32 Å². The highest BCUT2D eigenvalue weighted by atomic mass is 16.5. The highest BCUT2D eigenvalue weighted by molar-refractivity contribution is 5.76. The van der Waals surface area contributed by atoms with E-state index in [1.807, 2.05) is 6.08 Å². The second kappa shape index (κ2) is 59.9. The fraction of sp³-hybridized carbons (Fsp3) is 0.906. The Morgan fingerprint density at radius 2 is 0.671 bits per heavy atom. The molecule has 1 amide bonds. The third-order valence-electron chi connectivity index (χ3n) is 14.7. The molecule has 0 rings (SSSR count). The van der Waals surface area contributed by atoms with Gasteiger partial charge in [-0.1, -0.05) is 301 Å². The molecule has 6 nitrogen and oxygen atoms in total. The van der Waals surface area contributed by atoms with Gasteiger partial charge in [0.2, 0.25) is 5.91 Å². The van der Waals surface area contributed by atoms with Crippen LogP contribution in [0.2, 0.25) is 0 Å². The minimum Gasteiger partial charge on any atom is -0.466 e. The largest absolute Gasteiger partial charge is 0.466 e. The highest BCUT2D eigenvalue weighted by Gasteiger charge is 2.18. The zero-order chi connectivity index (χ0) is 50.7. The zero-order valence-electron chi connectivity index (χ0n) is 47.3. The number of nitrogens with one attached hydrogen (secondary N) is 1. The Balaban J connectivity index is 3.44. The van der Waals surface area contributed by atoms with E-state index in [2.05, 4.69) is 31.3 Å². The van der Waals surface area contributed by atoms with Crippen LogP contribution in [0.5, 0.6) is 0 Å². The number of unbranched alkanes of at least 4 members (excludes halogenated alkanes) is 46. The van der Waals surface area contributed by atoms with Gasteiger partial charge in [-0.05, 0) is 57.8 Å². The molecule has 0 saturated heterocycles. The molecule has 6 heteroatoms. The lowest BCUT2D eigenvalue weighted by atomic mass is 10.0. The molecule has 2 atom stereocenters. The average molecular weight is 987 g/mol. The molecule has 0 aromatic heterocycles. The van der Waals surface area contributed by atoms with Crippen LogP contribution in [0.1, 0.15) is 348 Å². The van der Waals surface area contributed by atoms with Crippen LogP contribution < -0.4 is 5.32 Å². The lowest BCUT2D eigenvalue weighted by molar-refractivity contribution is -0.143. The van der Waals surface area contributed by atoms with Crippen molar-refractivity contribution >= 4 is 11.9 Å². The quantitative estimate of drug-likeness (QED) is 0.0321. The number of carbonyl (C=O) groups excluding carboxylic acids is 2. The van der Waals surface area contributed by atoms with E-state index in [1.165, 1.54) is 276 Å². The Hall–Kier alpha value is -1.66. The molecule has 0 aliphatic carbocycles. The van der Waals surface area contributed by atoms with Crippen molar-refractivity contribution in [3.63, 3.8) is 0 Å². The molecule has 0 radical (unpaired) electrons. The molecule has 414 valence electrons. The third kappa shape index (κ3) is 55.7. The maximum atomic E-state index is 12.5. The summed E-state index contributed by atoms with van der Waals surface area (Å²) in [6.07, 6.45) is 73.6. The highest BCUT2D eigenvalue weighted by Crippen LogP contribution is 2.18. The third-order valence-corrected chi connectivity index (χ3v) is 14.7. The number of hydrogen-bond acceptors (Lipinski definition) is 5. The number of amides is 1. The summed E-state index contributed by atoms with van der Waals surface area (Å²) in [6.45, 7) is 4.91. The number of aliphatic hydroxyl groups is 2. The molecule has 0 aliphatic rings. The standard InChI is InChI=1S/C64H123NO5/c1-3-5-7-9-11-13-15-17-18-19-20-21-23-26-29-33-36-40-44-48-52-56-62(67)61(60-66)65-63(68)57-53-49-45-41-37-34-30-27-24-22-25-28-31-35-39-43-47-51-55-59-70-64(69)58-54-50-46-42-38-32-16-14-12-10-8-6-4-2/h14,16,52,56,61-62,66-67H,3-13,15,17-51,53-55,57-60H2,1-2H3,(H,65,68)/b16-14-,56-52+. The molecule has 0 aliphatic heterocycles. The molecule has 0 fully saturated rings. The van der Waals surface area contributed by atoms with Crippen molar-refractivity contribution in [2.24, 2.45) is 0 Å². The first kappa shape index (κ1) is 68.3. The molecular weight excluding hydrogens is 863 g/mol. The van der Waals surface area contributed by atoms with Crippen LogP contribution >= 0.6 is 0 Å². The lowest BCUT2D eigenvalue weighted by Gasteiger charge is -2.20. The predicted octanol–water partition coefficient (Wildman–Crippen LogP) is 19.8. The minimum atomic E-state index is -0.847. The zero-order valence-corrected chi connectivity index (χ0v) is 47.3. The lowest BCUT2D eigenvalue weighted by Crippen LogP contribution is -2.45. The average Bonchev–Trinajstić information content (AvgIpc) is 3.36. The van der Waals surface area contributed by atoms with Crippen molar-refractivity contribution < 1.29 is 24.5 Å². The summed E-state index contributed by atoms with van der Waals surface area (Å²) in [6, 6.07) is -0.631. The van der Waals surface area contributed by atoms with E-state index in [1.54, 1.807) is 6.08 Å². The molecular formula is C64H123NO5. The number of aliphatic hydroxyl groups excluding tert-OH is 2. The number of esters is 1. The molecule has 3 N–H and O–H groups in total. The maximum absolute atomic E-state index is 12.5. The Morgan fingerprint density at radius 3 is 1.03 bits per heavy atom. The minimum absolute atomic E-state index is 0.000418. The fourth-order valence-corrected chi connectivity index (χ4v) is 9.87. The van der Waals surface area contributed by atoms with Crippen LogP contribution in [0, 0.1) is 0 Å². The predicted molar refractivity (Wildman–Crippen MR) is 306 cm³/mol. The summed E-state index contributed by atoms with van der Waals surface area (Å²) in [7, 11) is 0. The first-order chi connectivity index (χ1) is 34.5. The monoisotopic (exact) mass is 986 g/mol. The number of allylic oxidation sites excluding steroid dienone is 3. The second-order valence-corrected chi connectivity index (χ2v) is 21.7. The van der Waals surface area contributed by atoms with Gasteiger partial charge in [0.1, 0.15) is 0 Å². The first-order valence-corrected chi connectivity index (χ1v) is 31.6. The maximum Gasteiger partial charge on any atom is 0.305 e. The molecule has 0 spiro atoms. The van der Waals surface area contributed by atoms with Crippen molar-refractivity contribution in [3.05, 3.63) is 24.3 Å². The van der Waals surface area contributed by atoms with Gasteiger partial charge in [-0.2, -0.15) is 0 Å². The second-order valence-electron chi connectivity index (χ2n) is 21.7. The van der Waals surface area contributed by atoms with E-state index < -0.39 is 12.1 Å². The van der Waals surface area contributed by atoms with E-state index in [9.17, 15) is 19.8 Å². The number of carbonyl (C=O) groups is 2. The summed E-state index contributed by atoms with van der Waals surface area (Å²) in [5.41, 5.74) is 0. The van der Waals surface area contributed by atoms with Gasteiger partial charge in [0.15, 0.2) is 0 Å². The summed E-state index contributed by atoms with van der Waals surface area (Å²) < 4.78 is 5.47. The van der Waals surface area contributed by atoms with E-state index in [0.29, 0.717) is 19.4 Å². The summed E-state index contributed by atoms with van der Waals surface area (Å²) >= 11 is 0. The Labute approximate surface area is 437 Å². The summed E-state index contributed by atoms with van der Waals surface area (Å²) in [5, 5.41) is 23.2. The molecule has 0 saturated carbocycles. The van der Waals surface area contributed by atoms with Crippen LogP contribution in [0.4, 0.5) is 0 Å². The summed E-state index contributed by atoms with van der Waals surface area (Å²) in [4.78, 5) is 24.5. The molecule has 2 unspecified atom stereocenters. The van der Waals surface area contributed by atoms with Gasteiger partial charge < -0.3 is 20.3 Å². The van der Waals surface area contributed by atoms with Crippen LogP contribution in [0.15, 0.2) is 24.3 Å². The molecule has 70 heavy (non-hydrogen) atoms. The van der Waals surface area contributed by atoms with E-state index in [4.69, 9.17) is 4.74 Å². The van der Waals surface area contributed by atoms with Crippen LogP contribution in [0.3, 0.4) is 0 Å². The van der Waals surface area contributed by atoms with Crippen LogP contribution in [-0.4, -0.2) is 47.4 Å². The summed E-state index contributed by atoms with van der Waals surface area (Å²) in [5.74, 6) is -0.0682. The van der Waals surface area contributed by atoms with Crippen molar-refractivity contribution in [2.45, 2.75) is 360 Å². The molecule has 0 aromatic carbocycles. The fourth-order valence-electron chi connectivity index (χ4n) is 9.87. The van der Waals surface area contributed by atoms with Crippen molar-refractivity contribution in [3.8, 4) is 0 Å². The Morgan fingerprint density at radius 1 is 0.386 bits per heavy atom. The van der Waals surface area contributed by atoms with Gasteiger partial charge in [0, 0.05) is 12.8 Å². The SMILES string of the molecule is CCCCCC/C=C\CCCCCCCC(=O)OCCCCCCCCCCCCCCCCCCCCCC(=O)NC(CO)C(O)/C=C/CCCCCCCCCCCCCCCCCCCCC. The van der Waals surface area contributed by atoms with Gasteiger partial charge >= 0.3 is 5.97 Å². The van der Waals surface area contributed by atoms with E-state index in [-0.39, 0.29) is 18.5 Å². The van der Waals surface area contributed by atoms with Gasteiger partial charge in [0.05, 0.1) is 25.4 Å². The van der Waals surface area contributed by atoms with E-state index >= 15 is 0 Å². The topological polar surface area (TPSA) is 95.9 Å². The van der Waals surface area contributed by atoms with Gasteiger partial charge in [-0.15, -0.1) is 0 Å². The number of ether oxygens (including phenoxy) is 1. The Bertz CT molecular complexity index is 1090. The van der Waals surface area contributed by atoms with Gasteiger partial charge in [0.25, 0.3) is 0 Å². The Kier molecular flexibility index (Phi) is 58.5. The van der Waals surface area contributed by atoms with Crippen molar-refractivity contribution in [1.29, 1.82) is 0 Å². The van der Waals surface area contributed by atoms with Crippen LogP contribution in [0.25, 0.3) is 0 Å². The molecule has 0 aromatic rings. The van der Waals surface area contributed by atoms with Gasteiger partial charge in [-0.3, -0.25) is 9.59 Å². The normalized spacial score (nSPS) is 12.7. The molecule has 0 bridgehead atoms. The number of rotatable bonds is 59. The number of hydrogen-bond donors (Lipinski definition) is 3. The first-order valence-electron chi connectivity index (χ1n) is 31.6. The van der Waals surface area contributed by atoms with Crippen LogP contribution in [-0.2, 0) is 14.3 Å². The smallest absolute Gasteiger partial charge is 0.305 e. The van der Waals surface area contributed by atoms with Gasteiger partial charge in [-0.25, -0.2) is 0 Å².